The van der Waals surface area contributed by atoms with Crippen molar-refractivity contribution in [1.29, 1.82) is 0 Å². The number of unbranched alkanes of at least 4 members (excludes halogenated alkanes) is 3. The Morgan fingerprint density at radius 3 is 2.72 bits per heavy atom. The Morgan fingerprint density at radius 2 is 2.00 bits per heavy atom. The van der Waals surface area contributed by atoms with Crippen molar-refractivity contribution in [1.82, 2.24) is 0 Å². The molecule has 3 heteroatoms. The summed E-state index contributed by atoms with van der Waals surface area (Å²) < 4.78 is 26.3. The molecule has 1 unspecified atom stereocenters. The minimum absolute atomic E-state index is 0.172. The normalized spacial score (nSPS) is 12.4. The maximum absolute atomic E-state index is 13.4. The first kappa shape index (κ1) is 14.8. The first-order valence-corrected chi connectivity index (χ1v) is 6.37. The predicted octanol–water partition coefficient (Wildman–Crippen LogP) is 4.00. The summed E-state index contributed by atoms with van der Waals surface area (Å²) in [6, 6.07) is 4.06. The van der Waals surface area contributed by atoms with E-state index in [9.17, 15) is 13.9 Å². The van der Waals surface area contributed by atoms with Gasteiger partial charge in [-0.25, -0.2) is 8.78 Å². The van der Waals surface area contributed by atoms with Crippen LogP contribution in [0.5, 0.6) is 0 Å². The van der Waals surface area contributed by atoms with E-state index in [1.807, 2.05) is 6.08 Å². The molecule has 0 saturated carbocycles. The number of aliphatic hydroxyl groups excluding tert-OH is 1. The molecule has 0 aromatic heterocycles. The molecule has 18 heavy (non-hydrogen) atoms. The number of benzene rings is 1. The molecule has 1 rings (SSSR count). The van der Waals surface area contributed by atoms with Crippen LogP contribution in [-0.2, 0) is 6.42 Å². The Morgan fingerprint density at radius 1 is 1.22 bits per heavy atom. The van der Waals surface area contributed by atoms with Gasteiger partial charge in [0, 0.05) is 6.42 Å². The van der Waals surface area contributed by atoms with Crippen LogP contribution < -0.4 is 0 Å². The van der Waals surface area contributed by atoms with Gasteiger partial charge in [-0.2, -0.15) is 0 Å². The molecule has 0 aliphatic rings. The van der Waals surface area contributed by atoms with E-state index in [0.717, 1.165) is 31.7 Å². The van der Waals surface area contributed by atoms with E-state index in [1.54, 1.807) is 0 Å². The molecule has 1 aromatic carbocycles. The lowest BCUT2D eigenvalue weighted by Gasteiger charge is -2.11. The van der Waals surface area contributed by atoms with Crippen LogP contribution in [0.1, 0.15) is 37.7 Å². The van der Waals surface area contributed by atoms with Crippen molar-refractivity contribution in [2.24, 2.45) is 0 Å². The van der Waals surface area contributed by atoms with E-state index in [0.29, 0.717) is 6.42 Å². The van der Waals surface area contributed by atoms with E-state index in [1.165, 1.54) is 12.1 Å². The lowest BCUT2D eigenvalue weighted by molar-refractivity contribution is 0.159. The number of hydrogen-bond acceptors (Lipinski definition) is 1. The van der Waals surface area contributed by atoms with Crippen molar-refractivity contribution in [3.63, 3.8) is 0 Å². The number of halogens is 2. The predicted molar refractivity (Wildman–Crippen MR) is 69.4 cm³/mol. The molecule has 0 spiro atoms. The van der Waals surface area contributed by atoms with Crippen LogP contribution in [0.4, 0.5) is 8.78 Å². The molecule has 0 bridgehead atoms. The minimum Gasteiger partial charge on any atom is -0.393 e. The van der Waals surface area contributed by atoms with Crippen molar-refractivity contribution >= 4 is 0 Å². The highest BCUT2D eigenvalue weighted by Crippen LogP contribution is 2.15. The molecule has 1 N–H and O–H groups in total. The zero-order valence-electron chi connectivity index (χ0n) is 10.5. The second kappa shape index (κ2) is 7.98. The van der Waals surface area contributed by atoms with Gasteiger partial charge in [0.15, 0.2) is 11.6 Å². The number of allylic oxidation sites excluding steroid dienone is 1. The van der Waals surface area contributed by atoms with Crippen LogP contribution in [0.3, 0.4) is 0 Å². The van der Waals surface area contributed by atoms with Crippen molar-refractivity contribution in [2.45, 2.75) is 44.6 Å². The summed E-state index contributed by atoms with van der Waals surface area (Å²) >= 11 is 0. The zero-order chi connectivity index (χ0) is 13.4. The van der Waals surface area contributed by atoms with Crippen LogP contribution in [0.15, 0.2) is 30.9 Å². The van der Waals surface area contributed by atoms with Crippen molar-refractivity contribution in [2.75, 3.05) is 0 Å². The zero-order valence-corrected chi connectivity index (χ0v) is 10.5. The fourth-order valence-corrected chi connectivity index (χ4v) is 1.91. The highest BCUT2D eigenvalue weighted by atomic mass is 19.2. The molecule has 0 saturated heterocycles. The molecule has 0 fully saturated rings. The molecular formula is C15H20F2O. The quantitative estimate of drug-likeness (QED) is 0.549. The van der Waals surface area contributed by atoms with Crippen molar-refractivity contribution < 1.29 is 13.9 Å². The number of rotatable bonds is 8. The van der Waals surface area contributed by atoms with Crippen molar-refractivity contribution in [3.8, 4) is 0 Å². The van der Waals surface area contributed by atoms with Gasteiger partial charge in [-0.05, 0) is 30.9 Å². The van der Waals surface area contributed by atoms with Gasteiger partial charge in [0.2, 0.25) is 0 Å². The second-order valence-corrected chi connectivity index (χ2v) is 4.50. The highest BCUT2D eigenvalue weighted by molar-refractivity contribution is 5.19. The summed E-state index contributed by atoms with van der Waals surface area (Å²) in [4.78, 5) is 0. The standard InChI is InChI=1S/C15H20F2O/c1-2-3-4-5-6-9-13(18)11-12-8-7-10-14(16)15(12)17/h2,7-8,10,13,18H,1,3-6,9,11H2. The molecule has 100 valence electrons. The monoisotopic (exact) mass is 254 g/mol. The summed E-state index contributed by atoms with van der Waals surface area (Å²) in [6.07, 6.45) is 6.02. The van der Waals surface area contributed by atoms with E-state index >= 15 is 0 Å². The largest absolute Gasteiger partial charge is 0.393 e. The Kier molecular flexibility index (Phi) is 6.58. The molecule has 0 heterocycles. The fourth-order valence-electron chi connectivity index (χ4n) is 1.91. The van der Waals surface area contributed by atoms with E-state index < -0.39 is 17.7 Å². The Labute approximate surface area is 107 Å². The van der Waals surface area contributed by atoms with E-state index in [-0.39, 0.29) is 12.0 Å². The summed E-state index contributed by atoms with van der Waals surface area (Å²) in [6.45, 7) is 3.64. The summed E-state index contributed by atoms with van der Waals surface area (Å²) in [7, 11) is 0. The van der Waals surface area contributed by atoms with Gasteiger partial charge in [-0.15, -0.1) is 6.58 Å². The average Bonchev–Trinajstić information content (AvgIpc) is 2.35. The highest BCUT2D eigenvalue weighted by Gasteiger charge is 2.12. The third-order valence-electron chi connectivity index (χ3n) is 2.93. The fraction of sp³-hybridized carbons (Fsp3) is 0.467. The van der Waals surface area contributed by atoms with Crippen LogP contribution in [-0.4, -0.2) is 11.2 Å². The van der Waals surface area contributed by atoms with Crippen LogP contribution in [0, 0.1) is 11.6 Å². The Balaban J connectivity index is 2.33. The molecule has 0 aliphatic heterocycles. The average molecular weight is 254 g/mol. The third-order valence-corrected chi connectivity index (χ3v) is 2.93. The van der Waals surface area contributed by atoms with Crippen LogP contribution in [0.25, 0.3) is 0 Å². The molecular weight excluding hydrogens is 234 g/mol. The summed E-state index contributed by atoms with van der Waals surface area (Å²) in [5, 5.41) is 9.77. The molecule has 0 amide bonds. The first-order chi connectivity index (χ1) is 8.65. The van der Waals surface area contributed by atoms with Gasteiger partial charge in [-0.3, -0.25) is 0 Å². The smallest absolute Gasteiger partial charge is 0.162 e. The lowest BCUT2D eigenvalue weighted by Crippen LogP contribution is -2.12. The van der Waals surface area contributed by atoms with Crippen molar-refractivity contribution in [3.05, 3.63) is 48.1 Å². The molecule has 1 aromatic rings. The van der Waals surface area contributed by atoms with E-state index in [4.69, 9.17) is 0 Å². The third kappa shape index (κ3) is 4.96. The van der Waals surface area contributed by atoms with Gasteiger partial charge in [0.1, 0.15) is 0 Å². The Bertz CT molecular complexity index is 377. The van der Waals surface area contributed by atoms with Gasteiger partial charge < -0.3 is 5.11 Å². The minimum atomic E-state index is -0.856. The van der Waals surface area contributed by atoms with Gasteiger partial charge >= 0.3 is 0 Å². The molecule has 1 atom stereocenters. The number of hydrogen-bond donors (Lipinski definition) is 1. The summed E-state index contributed by atoms with van der Waals surface area (Å²) in [5.74, 6) is -1.70. The first-order valence-electron chi connectivity index (χ1n) is 6.37. The van der Waals surface area contributed by atoms with Crippen LogP contribution in [0.2, 0.25) is 0 Å². The Hall–Kier alpha value is -1.22. The molecule has 0 aliphatic carbocycles. The van der Waals surface area contributed by atoms with E-state index in [2.05, 4.69) is 6.58 Å². The SMILES string of the molecule is C=CCCCCCC(O)Cc1cccc(F)c1F. The number of aliphatic hydroxyl groups is 1. The van der Waals surface area contributed by atoms with Gasteiger partial charge in [0.05, 0.1) is 6.10 Å². The second-order valence-electron chi connectivity index (χ2n) is 4.50. The van der Waals surface area contributed by atoms with Gasteiger partial charge in [-0.1, -0.05) is 31.1 Å². The topological polar surface area (TPSA) is 20.2 Å². The maximum Gasteiger partial charge on any atom is 0.162 e. The van der Waals surface area contributed by atoms with Gasteiger partial charge in [0.25, 0.3) is 0 Å². The molecule has 0 radical (unpaired) electrons. The van der Waals surface area contributed by atoms with Crippen LogP contribution >= 0.6 is 0 Å². The maximum atomic E-state index is 13.4. The molecule has 1 nitrogen and oxygen atoms in total. The summed E-state index contributed by atoms with van der Waals surface area (Å²) in [5.41, 5.74) is 0.244. The lowest BCUT2D eigenvalue weighted by atomic mass is 10.0.